The van der Waals surface area contributed by atoms with E-state index in [0.29, 0.717) is 31.0 Å². The van der Waals surface area contributed by atoms with Crippen LogP contribution in [0, 0.1) is 6.92 Å². The Labute approximate surface area is 140 Å². The Morgan fingerprint density at radius 3 is 2.57 bits per heavy atom. The van der Waals surface area contributed by atoms with Crippen molar-refractivity contribution in [3.8, 4) is 11.5 Å². The number of hydrogen-bond donors (Lipinski definition) is 0. The van der Waals surface area contributed by atoms with Crippen molar-refractivity contribution in [3.05, 3.63) is 39.8 Å². The minimum absolute atomic E-state index is 0.0765. The maximum Gasteiger partial charge on any atom is 0.228 e. The molecule has 1 aromatic carbocycles. The van der Waals surface area contributed by atoms with E-state index in [9.17, 15) is 4.79 Å². The number of hydrogen-bond acceptors (Lipinski definition) is 5. The molecule has 0 fully saturated rings. The van der Waals surface area contributed by atoms with Gasteiger partial charge in [-0.15, -0.1) is 11.3 Å². The topological polar surface area (TPSA) is 51.7 Å². The molecule has 1 aromatic heterocycles. The van der Waals surface area contributed by atoms with Crippen molar-refractivity contribution in [1.29, 1.82) is 0 Å². The predicted molar refractivity (Wildman–Crippen MR) is 91.2 cm³/mol. The zero-order valence-electron chi connectivity index (χ0n) is 14.0. The molecule has 0 aliphatic rings. The highest BCUT2D eigenvalue weighted by Crippen LogP contribution is 2.28. The van der Waals surface area contributed by atoms with Crippen LogP contribution in [0.15, 0.2) is 23.6 Å². The molecule has 0 unspecified atom stereocenters. The van der Waals surface area contributed by atoms with E-state index in [0.717, 1.165) is 16.3 Å². The van der Waals surface area contributed by atoms with Gasteiger partial charge in [0.1, 0.15) is 0 Å². The normalized spacial score (nSPS) is 10.4. The number of methoxy groups -OCH3 is 2. The molecule has 1 amide bonds. The monoisotopic (exact) mass is 334 g/mol. The van der Waals surface area contributed by atoms with Gasteiger partial charge < -0.3 is 14.4 Å². The number of ether oxygens (including phenoxy) is 2. The van der Waals surface area contributed by atoms with Crippen molar-refractivity contribution >= 4 is 17.2 Å². The lowest BCUT2D eigenvalue weighted by Crippen LogP contribution is -2.31. The summed E-state index contributed by atoms with van der Waals surface area (Å²) in [7, 11) is 3.21. The zero-order valence-corrected chi connectivity index (χ0v) is 14.8. The van der Waals surface area contributed by atoms with Crippen molar-refractivity contribution in [2.45, 2.75) is 26.8 Å². The van der Waals surface area contributed by atoms with Gasteiger partial charge in [-0.3, -0.25) is 4.79 Å². The molecule has 1 heterocycles. The summed E-state index contributed by atoms with van der Waals surface area (Å²) < 4.78 is 10.6. The molecule has 0 radical (unpaired) electrons. The van der Waals surface area contributed by atoms with Crippen molar-refractivity contribution in [3.63, 3.8) is 0 Å². The Bertz CT molecular complexity index is 670. The van der Waals surface area contributed by atoms with E-state index >= 15 is 0 Å². The number of amides is 1. The molecule has 0 saturated carbocycles. The van der Waals surface area contributed by atoms with Crippen molar-refractivity contribution < 1.29 is 14.3 Å². The van der Waals surface area contributed by atoms with Gasteiger partial charge in [-0.2, -0.15) is 0 Å². The summed E-state index contributed by atoms with van der Waals surface area (Å²) in [6.45, 7) is 5.11. The first-order chi connectivity index (χ1) is 11.1. The number of likely N-dealkylation sites (N-methyl/N-ethyl adjacent to an activating group) is 1. The minimum atomic E-state index is 0.0765. The number of nitrogens with zero attached hydrogens (tertiary/aromatic N) is 2. The van der Waals surface area contributed by atoms with Gasteiger partial charge >= 0.3 is 0 Å². The number of carbonyl (C=O) groups is 1. The predicted octanol–water partition coefficient (Wildman–Crippen LogP) is 3.06. The van der Waals surface area contributed by atoms with Crippen molar-refractivity contribution in [2.24, 2.45) is 0 Å². The van der Waals surface area contributed by atoms with E-state index in [1.165, 1.54) is 0 Å². The second kappa shape index (κ2) is 7.97. The number of aryl methyl sites for hydroxylation is 1. The maximum absolute atomic E-state index is 12.5. The molecule has 0 N–H and O–H groups in total. The quantitative estimate of drug-likeness (QED) is 0.781. The van der Waals surface area contributed by atoms with Gasteiger partial charge in [-0.25, -0.2) is 4.98 Å². The smallest absolute Gasteiger partial charge is 0.228 e. The third kappa shape index (κ3) is 4.45. The fraction of sp³-hybridized carbons (Fsp3) is 0.412. The molecule has 0 aliphatic carbocycles. The van der Waals surface area contributed by atoms with E-state index in [4.69, 9.17) is 9.47 Å². The first-order valence-electron chi connectivity index (χ1n) is 7.47. The van der Waals surface area contributed by atoms with E-state index in [2.05, 4.69) is 4.98 Å². The molecule has 5 nitrogen and oxygen atoms in total. The second-order valence-electron chi connectivity index (χ2n) is 5.13. The number of rotatable bonds is 7. The fourth-order valence-electron chi connectivity index (χ4n) is 2.33. The number of benzene rings is 1. The minimum Gasteiger partial charge on any atom is -0.493 e. The average Bonchev–Trinajstić information content (AvgIpc) is 2.97. The lowest BCUT2D eigenvalue weighted by Gasteiger charge is -2.21. The van der Waals surface area contributed by atoms with Crippen LogP contribution in [0.5, 0.6) is 11.5 Å². The van der Waals surface area contributed by atoms with Crippen LogP contribution in [0.2, 0.25) is 0 Å². The molecule has 124 valence electrons. The number of aromatic nitrogens is 1. The average molecular weight is 334 g/mol. The first-order valence-corrected chi connectivity index (χ1v) is 8.35. The van der Waals surface area contributed by atoms with Gasteiger partial charge in [-0.05, 0) is 31.5 Å². The molecular formula is C17H22N2O3S. The Morgan fingerprint density at radius 1 is 1.26 bits per heavy atom. The van der Waals surface area contributed by atoms with Crippen LogP contribution < -0.4 is 9.47 Å². The Hall–Kier alpha value is -2.08. The van der Waals surface area contributed by atoms with Gasteiger partial charge in [-0.1, -0.05) is 6.07 Å². The van der Waals surface area contributed by atoms with Crippen LogP contribution in [0.1, 0.15) is 23.2 Å². The molecule has 2 aromatic rings. The third-order valence-corrected chi connectivity index (χ3v) is 4.38. The summed E-state index contributed by atoms with van der Waals surface area (Å²) in [5, 5.41) is 2.92. The molecule has 0 aliphatic heterocycles. The third-order valence-electron chi connectivity index (χ3n) is 3.55. The molecular weight excluding hydrogens is 312 g/mol. The summed E-state index contributed by atoms with van der Waals surface area (Å²) in [6.07, 6.45) is 0.339. The summed E-state index contributed by atoms with van der Waals surface area (Å²) in [5.74, 6) is 1.43. The summed E-state index contributed by atoms with van der Waals surface area (Å²) >= 11 is 1.57. The number of carbonyl (C=O) groups excluding carboxylic acids is 1. The standard InChI is InChI=1S/C17H22N2O3S/c1-5-19(17(20)9-14-11-23-12(2)18-14)10-13-6-7-15(21-3)16(8-13)22-4/h6-8,11H,5,9-10H2,1-4H3. The van der Waals surface area contributed by atoms with E-state index in [-0.39, 0.29) is 5.91 Å². The molecule has 0 atom stereocenters. The highest BCUT2D eigenvalue weighted by Gasteiger charge is 2.15. The van der Waals surface area contributed by atoms with Gasteiger partial charge in [0.15, 0.2) is 11.5 Å². The fourth-order valence-corrected chi connectivity index (χ4v) is 2.94. The van der Waals surface area contributed by atoms with E-state index < -0.39 is 0 Å². The van der Waals surface area contributed by atoms with Gasteiger partial charge in [0, 0.05) is 18.5 Å². The van der Waals surface area contributed by atoms with Crippen LogP contribution in [0.3, 0.4) is 0 Å². The van der Waals surface area contributed by atoms with Crippen molar-refractivity contribution in [1.82, 2.24) is 9.88 Å². The molecule has 0 saturated heterocycles. The van der Waals surface area contributed by atoms with Crippen LogP contribution in [0.25, 0.3) is 0 Å². The van der Waals surface area contributed by atoms with Gasteiger partial charge in [0.25, 0.3) is 0 Å². The molecule has 2 rings (SSSR count). The first kappa shape index (κ1) is 17.3. The number of thiazole rings is 1. The molecule has 0 bridgehead atoms. The van der Waals surface area contributed by atoms with Crippen LogP contribution in [0.4, 0.5) is 0 Å². The SMILES string of the molecule is CCN(Cc1ccc(OC)c(OC)c1)C(=O)Cc1csc(C)n1. The van der Waals surface area contributed by atoms with Gasteiger partial charge in [0.2, 0.25) is 5.91 Å². The van der Waals surface area contributed by atoms with Gasteiger partial charge in [0.05, 0.1) is 31.3 Å². The lowest BCUT2D eigenvalue weighted by atomic mass is 10.1. The largest absolute Gasteiger partial charge is 0.493 e. The zero-order chi connectivity index (χ0) is 16.8. The van der Waals surface area contributed by atoms with Crippen LogP contribution in [-0.2, 0) is 17.8 Å². The Kier molecular flexibility index (Phi) is 5.98. The molecule has 23 heavy (non-hydrogen) atoms. The van der Waals surface area contributed by atoms with E-state index in [1.54, 1.807) is 25.6 Å². The maximum atomic E-state index is 12.5. The van der Waals surface area contributed by atoms with Crippen molar-refractivity contribution in [2.75, 3.05) is 20.8 Å². The van der Waals surface area contributed by atoms with Crippen LogP contribution >= 0.6 is 11.3 Å². The molecule has 0 spiro atoms. The van der Waals surface area contributed by atoms with E-state index in [1.807, 2.05) is 42.3 Å². The Balaban J connectivity index is 2.07. The highest BCUT2D eigenvalue weighted by molar-refractivity contribution is 7.09. The summed E-state index contributed by atoms with van der Waals surface area (Å²) in [6, 6.07) is 5.71. The summed E-state index contributed by atoms with van der Waals surface area (Å²) in [4.78, 5) is 18.6. The second-order valence-corrected chi connectivity index (χ2v) is 6.19. The summed E-state index contributed by atoms with van der Waals surface area (Å²) in [5.41, 5.74) is 1.84. The highest BCUT2D eigenvalue weighted by atomic mass is 32.1. The molecule has 6 heteroatoms. The Morgan fingerprint density at radius 2 is 2.00 bits per heavy atom. The lowest BCUT2D eigenvalue weighted by molar-refractivity contribution is -0.130. The van der Waals surface area contributed by atoms with Crippen LogP contribution in [-0.4, -0.2) is 36.6 Å².